The first-order valence-electron chi connectivity index (χ1n) is 7.38. The van der Waals surface area contributed by atoms with E-state index in [-0.39, 0.29) is 4.90 Å². The SMILES string of the molecule is Nc1ccc(S(N)(=O)=O)cc1NC1CCN2CCCCC12. The molecule has 1 aromatic rings. The summed E-state index contributed by atoms with van der Waals surface area (Å²) in [6.07, 6.45) is 4.77. The lowest BCUT2D eigenvalue weighted by Crippen LogP contribution is -2.41. The van der Waals surface area contributed by atoms with Crippen molar-refractivity contribution in [3.05, 3.63) is 18.2 Å². The van der Waals surface area contributed by atoms with Gasteiger partial charge in [-0.25, -0.2) is 13.6 Å². The summed E-state index contributed by atoms with van der Waals surface area (Å²) in [5.74, 6) is 0. The van der Waals surface area contributed by atoms with Crippen molar-refractivity contribution >= 4 is 21.4 Å². The van der Waals surface area contributed by atoms with Crippen LogP contribution in [0.4, 0.5) is 11.4 Å². The zero-order valence-corrected chi connectivity index (χ0v) is 12.8. The minimum Gasteiger partial charge on any atom is -0.397 e. The van der Waals surface area contributed by atoms with Gasteiger partial charge in [-0.2, -0.15) is 0 Å². The van der Waals surface area contributed by atoms with Crippen molar-refractivity contribution in [2.45, 2.75) is 42.7 Å². The first-order valence-corrected chi connectivity index (χ1v) is 8.93. The van der Waals surface area contributed by atoms with E-state index in [2.05, 4.69) is 10.2 Å². The lowest BCUT2D eigenvalue weighted by Gasteiger charge is -2.33. The van der Waals surface area contributed by atoms with E-state index in [0.29, 0.717) is 23.5 Å². The van der Waals surface area contributed by atoms with Gasteiger partial charge in [0.15, 0.2) is 0 Å². The highest BCUT2D eigenvalue weighted by atomic mass is 32.2. The molecule has 3 rings (SSSR count). The van der Waals surface area contributed by atoms with Crippen LogP contribution < -0.4 is 16.2 Å². The highest BCUT2D eigenvalue weighted by Crippen LogP contribution is 2.31. The molecule has 2 unspecified atom stereocenters. The fourth-order valence-corrected chi connectivity index (χ4v) is 3.99. The number of nitrogen functional groups attached to an aromatic ring is 1. The molecular formula is C14H22N4O2S. The lowest BCUT2D eigenvalue weighted by atomic mass is 9.99. The molecule has 0 aromatic heterocycles. The maximum Gasteiger partial charge on any atom is 0.238 e. The summed E-state index contributed by atoms with van der Waals surface area (Å²) < 4.78 is 22.9. The average molecular weight is 310 g/mol. The molecule has 0 saturated carbocycles. The Balaban J connectivity index is 1.81. The summed E-state index contributed by atoms with van der Waals surface area (Å²) in [5.41, 5.74) is 7.19. The second kappa shape index (κ2) is 5.47. The van der Waals surface area contributed by atoms with Crippen LogP contribution in [0.1, 0.15) is 25.7 Å². The number of fused-ring (bicyclic) bond motifs is 1. The van der Waals surface area contributed by atoms with Crippen LogP contribution in [0.2, 0.25) is 0 Å². The Bertz CT molecular complexity index is 632. The van der Waals surface area contributed by atoms with Crippen LogP contribution in [-0.2, 0) is 10.0 Å². The monoisotopic (exact) mass is 310 g/mol. The molecule has 2 atom stereocenters. The number of anilines is 2. The topological polar surface area (TPSA) is 101 Å². The summed E-state index contributed by atoms with van der Waals surface area (Å²) in [5, 5.41) is 8.62. The Morgan fingerprint density at radius 2 is 2.00 bits per heavy atom. The quantitative estimate of drug-likeness (QED) is 0.722. The summed E-state index contributed by atoms with van der Waals surface area (Å²) in [7, 11) is -3.71. The Hall–Kier alpha value is -1.31. The molecule has 1 aromatic carbocycles. The summed E-state index contributed by atoms with van der Waals surface area (Å²) >= 11 is 0. The molecule has 2 heterocycles. The molecule has 0 bridgehead atoms. The van der Waals surface area contributed by atoms with Crippen LogP contribution in [0.15, 0.2) is 23.1 Å². The molecule has 0 radical (unpaired) electrons. The van der Waals surface area contributed by atoms with E-state index < -0.39 is 10.0 Å². The number of hydrogen-bond acceptors (Lipinski definition) is 5. The molecule has 21 heavy (non-hydrogen) atoms. The van der Waals surface area contributed by atoms with E-state index in [1.807, 2.05) is 0 Å². The van der Waals surface area contributed by atoms with Crippen molar-refractivity contribution in [3.8, 4) is 0 Å². The van der Waals surface area contributed by atoms with Crippen LogP contribution in [0.3, 0.4) is 0 Å². The van der Waals surface area contributed by atoms with Crippen molar-refractivity contribution in [3.63, 3.8) is 0 Å². The van der Waals surface area contributed by atoms with Crippen LogP contribution in [0, 0.1) is 0 Å². The zero-order chi connectivity index (χ0) is 15.0. The third kappa shape index (κ3) is 3.00. The van der Waals surface area contributed by atoms with E-state index in [9.17, 15) is 8.42 Å². The summed E-state index contributed by atoms with van der Waals surface area (Å²) in [6, 6.07) is 5.42. The molecule has 0 amide bonds. The van der Waals surface area contributed by atoms with Gasteiger partial charge in [-0.15, -0.1) is 0 Å². The predicted molar refractivity (Wildman–Crippen MR) is 83.5 cm³/mol. The third-order valence-electron chi connectivity index (χ3n) is 4.55. The smallest absolute Gasteiger partial charge is 0.238 e. The molecule has 7 heteroatoms. The molecule has 2 fully saturated rings. The number of nitrogens with one attached hydrogen (secondary N) is 1. The molecule has 6 nitrogen and oxygen atoms in total. The Morgan fingerprint density at radius 1 is 1.19 bits per heavy atom. The van der Waals surface area contributed by atoms with Crippen LogP contribution >= 0.6 is 0 Å². The number of nitrogens with two attached hydrogens (primary N) is 2. The van der Waals surface area contributed by atoms with Crippen LogP contribution in [0.5, 0.6) is 0 Å². The summed E-state index contributed by atoms with van der Waals surface area (Å²) in [6.45, 7) is 2.26. The number of sulfonamides is 1. The van der Waals surface area contributed by atoms with Crippen molar-refractivity contribution in [2.24, 2.45) is 5.14 Å². The van der Waals surface area contributed by atoms with Crippen molar-refractivity contribution in [2.75, 3.05) is 24.1 Å². The number of hydrogen-bond donors (Lipinski definition) is 3. The highest BCUT2D eigenvalue weighted by Gasteiger charge is 2.35. The zero-order valence-electron chi connectivity index (χ0n) is 12.0. The minimum absolute atomic E-state index is 0.0951. The van der Waals surface area contributed by atoms with E-state index in [1.165, 1.54) is 31.4 Å². The normalized spacial score (nSPS) is 26.5. The molecular weight excluding hydrogens is 288 g/mol. The Kier molecular flexibility index (Phi) is 3.81. The van der Waals surface area contributed by atoms with Gasteiger partial charge in [-0.05, 0) is 44.0 Å². The van der Waals surface area contributed by atoms with Gasteiger partial charge in [0.05, 0.1) is 16.3 Å². The highest BCUT2D eigenvalue weighted by molar-refractivity contribution is 7.89. The maximum atomic E-state index is 11.5. The van der Waals surface area contributed by atoms with E-state index >= 15 is 0 Å². The predicted octanol–water partition coefficient (Wildman–Crippen LogP) is 0.955. The molecule has 0 aliphatic carbocycles. The van der Waals surface area contributed by atoms with Crippen LogP contribution in [0.25, 0.3) is 0 Å². The van der Waals surface area contributed by atoms with Gasteiger partial charge in [0.2, 0.25) is 10.0 Å². The summed E-state index contributed by atoms with van der Waals surface area (Å²) in [4.78, 5) is 2.61. The molecule has 116 valence electrons. The first-order chi connectivity index (χ1) is 9.95. The number of benzene rings is 1. The Morgan fingerprint density at radius 3 is 2.76 bits per heavy atom. The molecule has 0 spiro atoms. The fourth-order valence-electron chi connectivity index (χ4n) is 3.45. The van der Waals surface area contributed by atoms with Crippen molar-refractivity contribution in [1.82, 2.24) is 4.90 Å². The molecule has 5 N–H and O–H groups in total. The van der Waals surface area contributed by atoms with Gasteiger partial charge >= 0.3 is 0 Å². The van der Waals surface area contributed by atoms with Gasteiger partial charge in [0.1, 0.15) is 0 Å². The largest absolute Gasteiger partial charge is 0.397 e. The minimum atomic E-state index is -3.71. The molecule has 2 aliphatic heterocycles. The maximum absolute atomic E-state index is 11.5. The standard InChI is InChI=1S/C14H22N4O2S/c15-11-5-4-10(21(16,19)20)9-13(11)17-12-6-8-18-7-2-1-3-14(12)18/h4-5,9,12,14,17H,1-3,6-8,15H2,(H2,16,19,20). The van der Waals surface area contributed by atoms with Gasteiger partial charge in [-0.3, -0.25) is 4.90 Å². The van der Waals surface area contributed by atoms with Crippen molar-refractivity contribution in [1.29, 1.82) is 0 Å². The number of piperidine rings is 1. The number of primary sulfonamides is 1. The molecule has 2 aliphatic rings. The van der Waals surface area contributed by atoms with Crippen molar-refractivity contribution < 1.29 is 8.42 Å². The van der Waals surface area contributed by atoms with Crippen LogP contribution in [-0.4, -0.2) is 38.5 Å². The lowest BCUT2D eigenvalue weighted by molar-refractivity contribution is 0.193. The average Bonchev–Trinajstić information content (AvgIpc) is 2.83. The first kappa shape index (κ1) is 14.6. The van der Waals surface area contributed by atoms with E-state index in [0.717, 1.165) is 19.5 Å². The van der Waals surface area contributed by atoms with Gasteiger partial charge in [0, 0.05) is 18.6 Å². The third-order valence-corrected chi connectivity index (χ3v) is 5.46. The fraction of sp³-hybridized carbons (Fsp3) is 0.571. The number of rotatable bonds is 3. The van der Waals surface area contributed by atoms with Gasteiger partial charge in [-0.1, -0.05) is 6.42 Å². The molecule has 2 saturated heterocycles. The van der Waals surface area contributed by atoms with Gasteiger partial charge in [0.25, 0.3) is 0 Å². The Labute approximate surface area is 125 Å². The van der Waals surface area contributed by atoms with E-state index in [1.54, 1.807) is 6.07 Å². The number of nitrogens with zero attached hydrogens (tertiary/aromatic N) is 1. The second-order valence-corrected chi connectivity index (χ2v) is 7.49. The van der Waals surface area contributed by atoms with E-state index in [4.69, 9.17) is 10.9 Å². The van der Waals surface area contributed by atoms with Gasteiger partial charge < -0.3 is 11.1 Å². The second-order valence-electron chi connectivity index (χ2n) is 5.93.